The molecule has 4 N–H and O–H groups in total. The second kappa shape index (κ2) is 12.1. The molecule has 1 amide bonds. The molecule has 6 rings (SSSR count). The lowest BCUT2D eigenvalue weighted by molar-refractivity contribution is -0.117. The molecule has 5 aromatic heterocycles. The van der Waals surface area contributed by atoms with Crippen LogP contribution in [-0.4, -0.2) is 68.1 Å². The minimum Gasteiger partial charge on any atom is -0.384 e. The molecule has 45 heavy (non-hydrogen) atoms. The third-order valence-corrected chi connectivity index (χ3v) is 7.35. The van der Waals surface area contributed by atoms with Crippen molar-refractivity contribution in [3.63, 3.8) is 0 Å². The molecule has 11 heteroatoms. The van der Waals surface area contributed by atoms with E-state index in [-0.39, 0.29) is 17.1 Å². The second-order valence-corrected chi connectivity index (χ2v) is 12.7. The van der Waals surface area contributed by atoms with E-state index >= 15 is 0 Å². The third-order valence-electron chi connectivity index (χ3n) is 7.35. The van der Waals surface area contributed by atoms with Crippen LogP contribution in [0.25, 0.3) is 55.6 Å². The van der Waals surface area contributed by atoms with Crippen LogP contribution in [-0.2, 0) is 4.79 Å². The average Bonchev–Trinajstić information content (AvgIpc) is 3.59. The molecular weight excluding hydrogens is 569 g/mol. The molecule has 0 radical (unpaired) electrons. The van der Waals surface area contributed by atoms with Gasteiger partial charge in [0.1, 0.15) is 11.5 Å². The van der Waals surface area contributed by atoms with Gasteiger partial charge in [0.15, 0.2) is 0 Å². The van der Waals surface area contributed by atoms with Gasteiger partial charge in [-0.15, -0.1) is 0 Å². The number of carbonyl (C=O) groups excluding carboxylic acids is 1. The lowest BCUT2D eigenvalue weighted by atomic mass is 9.92. The molecule has 0 saturated heterocycles. The van der Waals surface area contributed by atoms with Crippen LogP contribution in [0.15, 0.2) is 67.4 Å². The van der Waals surface area contributed by atoms with Gasteiger partial charge >= 0.3 is 0 Å². The zero-order valence-corrected chi connectivity index (χ0v) is 26.0. The summed E-state index contributed by atoms with van der Waals surface area (Å²) in [6.07, 6.45) is 8.99. The van der Waals surface area contributed by atoms with E-state index in [4.69, 9.17) is 0 Å². The Kier molecular flexibility index (Phi) is 8.03. The van der Waals surface area contributed by atoms with Gasteiger partial charge in [-0.3, -0.25) is 24.8 Å². The van der Waals surface area contributed by atoms with E-state index in [1.165, 1.54) is 12.1 Å². The molecule has 0 aliphatic heterocycles. The van der Waals surface area contributed by atoms with Gasteiger partial charge in [-0.05, 0) is 61.5 Å². The summed E-state index contributed by atoms with van der Waals surface area (Å²) < 4.78 is 14.7. The van der Waals surface area contributed by atoms with Gasteiger partial charge in [0.25, 0.3) is 0 Å². The Balaban J connectivity index is 1.33. The van der Waals surface area contributed by atoms with Gasteiger partial charge < -0.3 is 20.5 Å². The number of amides is 1. The number of pyridine rings is 3. The Bertz CT molecular complexity index is 2000. The fourth-order valence-electron chi connectivity index (χ4n) is 5.29. The zero-order valence-electron chi connectivity index (χ0n) is 26.0. The van der Waals surface area contributed by atoms with Crippen molar-refractivity contribution in [1.82, 2.24) is 35.0 Å². The Labute approximate surface area is 260 Å². The van der Waals surface area contributed by atoms with E-state index in [1.807, 2.05) is 59.1 Å². The predicted molar refractivity (Wildman–Crippen MR) is 177 cm³/mol. The molecule has 5 heterocycles. The summed E-state index contributed by atoms with van der Waals surface area (Å²) in [6, 6.07) is 10.8. The van der Waals surface area contributed by atoms with Crippen molar-refractivity contribution in [2.24, 2.45) is 5.41 Å². The van der Waals surface area contributed by atoms with Crippen molar-refractivity contribution in [1.29, 1.82) is 0 Å². The highest BCUT2D eigenvalue weighted by Gasteiger charge is 2.18. The lowest BCUT2D eigenvalue weighted by Gasteiger charge is -2.17. The standard InChI is InChI=1S/C34H36FN9O/c1-34(2,3)14-32(45)40-24-10-21(15-36-16-24)28-13-26-31(19-39-28)42-43-33(26)29-12-25-27(17-37-18-30(25)41-29)20-8-22(35)11-23(9-20)38-6-7-44(4)5/h8-13,15-19,38,41H,6-7,14H2,1-5H3,(H,40,45)(H,42,43). The van der Waals surface area contributed by atoms with Crippen molar-refractivity contribution in [3.8, 4) is 33.8 Å². The summed E-state index contributed by atoms with van der Waals surface area (Å²) in [4.78, 5) is 31.4. The zero-order chi connectivity index (χ0) is 31.7. The molecule has 0 saturated carbocycles. The normalized spacial score (nSPS) is 11.9. The molecule has 230 valence electrons. The van der Waals surface area contributed by atoms with Crippen LogP contribution < -0.4 is 10.6 Å². The fraction of sp³-hybridized carbons (Fsp3) is 0.265. The highest BCUT2D eigenvalue weighted by molar-refractivity contribution is 6.01. The Morgan fingerprint density at radius 2 is 1.69 bits per heavy atom. The number of carbonyl (C=O) groups is 1. The molecule has 0 spiro atoms. The van der Waals surface area contributed by atoms with Crippen LogP contribution >= 0.6 is 0 Å². The second-order valence-electron chi connectivity index (χ2n) is 12.7. The summed E-state index contributed by atoms with van der Waals surface area (Å²) in [5.74, 6) is -0.386. The maximum atomic E-state index is 14.7. The number of rotatable bonds is 9. The number of aromatic amines is 2. The van der Waals surface area contributed by atoms with Crippen molar-refractivity contribution in [2.45, 2.75) is 27.2 Å². The molecule has 1 aromatic carbocycles. The quantitative estimate of drug-likeness (QED) is 0.144. The first-order valence-electron chi connectivity index (χ1n) is 14.8. The predicted octanol–water partition coefficient (Wildman–Crippen LogP) is 6.72. The number of aromatic nitrogens is 6. The van der Waals surface area contributed by atoms with Crippen molar-refractivity contribution in [2.75, 3.05) is 37.8 Å². The maximum Gasteiger partial charge on any atom is 0.224 e. The van der Waals surface area contributed by atoms with Gasteiger partial charge in [0, 0.05) is 59.5 Å². The first-order valence-corrected chi connectivity index (χ1v) is 14.8. The van der Waals surface area contributed by atoms with Crippen molar-refractivity contribution < 1.29 is 9.18 Å². The first kappa shape index (κ1) is 29.9. The molecule has 0 bridgehead atoms. The highest BCUT2D eigenvalue weighted by Crippen LogP contribution is 2.35. The maximum absolute atomic E-state index is 14.7. The molecule has 0 aliphatic carbocycles. The lowest BCUT2D eigenvalue weighted by Crippen LogP contribution is -2.20. The Morgan fingerprint density at radius 3 is 2.49 bits per heavy atom. The number of H-pyrrole nitrogens is 2. The molecule has 0 aliphatic rings. The van der Waals surface area contributed by atoms with Gasteiger partial charge in [-0.25, -0.2) is 4.39 Å². The van der Waals surface area contributed by atoms with Gasteiger partial charge in [-0.2, -0.15) is 5.10 Å². The van der Waals surface area contributed by atoms with Crippen molar-refractivity contribution in [3.05, 3.63) is 73.2 Å². The van der Waals surface area contributed by atoms with E-state index in [0.717, 1.165) is 50.7 Å². The van der Waals surface area contributed by atoms with Crippen LogP contribution in [0.2, 0.25) is 0 Å². The topological polar surface area (TPSA) is 128 Å². The Morgan fingerprint density at radius 1 is 0.889 bits per heavy atom. The average molecular weight is 606 g/mol. The number of likely N-dealkylation sites (N-methyl/N-ethyl adjacent to an activating group) is 1. The molecule has 6 aromatic rings. The molecule has 0 unspecified atom stereocenters. The molecule has 10 nitrogen and oxygen atoms in total. The molecular formula is C34H36FN9O. The number of anilines is 2. The van der Waals surface area contributed by atoms with Crippen LogP contribution in [0.4, 0.5) is 15.8 Å². The summed E-state index contributed by atoms with van der Waals surface area (Å²) in [7, 11) is 4.00. The number of nitrogens with zero attached hydrogens (tertiary/aromatic N) is 5. The van der Waals surface area contributed by atoms with E-state index in [2.05, 4.69) is 45.7 Å². The number of halogens is 1. The van der Waals surface area contributed by atoms with Crippen molar-refractivity contribution >= 4 is 39.1 Å². The number of benzene rings is 1. The monoisotopic (exact) mass is 605 g/mol. The minimum absolute atomic E-state index is 0.0651. The largest absolute Gasteiger partial charge is 0.384 e. The number of hydrogen-bond donors (Lipinski definition) is 4. The Hall–Kier alpha value is -5.16. The summed E-state index contributed by atoms with van der Waals surface area (Å²) >= 11 is 0. The van der Waals surface area contributed by atoms with Crippen LogP contribution in [0, 0.1) is 11.2 Å². The third kappa shape index (κ3) is 6.83. The highest BCUT2D eigenvalue weighted by atomic mass is 19.1. The van der Waals surface area contributed by atoms with Crippen LogP contribution in [0.3, 0.4) is 0 Å². The van der Waals surface area contributed by atoms with Crippen LogP contribution in [0.5, 0.6) is 0 Å². The van der Waals surface area contributed by atoms with Gasteiger partial charge in [0.05, 0.1) is 46.7 Å². The number of hydrogen-bond acceptors (Lipinski definition) is 7. The number of nitrogens with one attached hydrogen (secondary N) is 4. The molecule has 0 fully saturated rings. The molecule has 0 atom stereocenters. The van der Waals surface area contributed by atoms with E-state index in [0.29, 0.717) is 35.7 Å². The summed E-state index contributed by atoms with van der Waals surface area (Å²) in [5.41, 5.74) is 7.27. The van der Waals surface area contributed by atoms with Crippen LogP contribution in [0.1, 0.15) is 27.2 Å². The summed E-state index contributed by atoms with van der Waals surface area (Å²) in [5, 5.41) is 15.7. The SMILES string of the molecule is CN(C)CCNc1cc(F)cc(-c2cncc3[nH]c(-c4n[nH]c5cnc(-c6cncc(NC(=O)CC(C)(C)C)c6)cc45)cc23)c1. The van der Waals surface area contributed by atoms with Gasteiger partial charge in [0.2, 0.25) is 5.91 Å². The minimum atomic E-state index is -0.321. The summed E-state index contributed by atoms with van der Waals surface area (Å²) in [6.45, 7) is 7.60. The van der Waals surface area contributed by atoms with E-state index in [9.17, 15) is 9.18 Å². The smallest absolute Gasteiger partial charge is 0.224 e. The first-order chi connectivity index (χ1) is 21.5. The number of fused-ring (bicyclic) bond motifs is 2. The van der Waals surface area contributed by atoms with E-state index < -0.39 is 0 Å². The van der Waals surface area contributed by atoms with E-state index in [1.54, 1.807) is 31.0 Å². The van der Waals surface area contributed by atoms with Gasteiger partial charge in [-0.1, -0.05) is 20.8 Å². The fourth-order valence-corrected chi connectivity index (χ4v) is 5.29.